The van der Waals surface area contributed by atoms with Gasteiger partial charge in [-0.15, -0.1) is 0 Å². The fourth-order valence-electron chi connectivity index (χ4n) is 4.27. The lowest BCUT2D eigenvalue weighted by atomic mass is 9.89. The maximum atomic E-state index is 14.7. The Morgan fingerprint density at radius 3 is 2.30 bits per heavy atom. The molecule has 1 saturated carbocycles. The normalized spacial score (nSPS) is 17.0. The van der Waals surface area contributed by atoms with E-state index in [1.807, 2.05) is 0 Å². The summed E-state index contributed by atoms with van der Waals surface area (Å²) in [5.74, 6) is -8.22. The second-order valence-electron chi connectivity index (χ2n) is 8.89. The summed E-state index contributed by atoms with van der Waals surface area (Å²) in [6.45, 7) is 0. The molecule has 5 nitrogen and oxygen atoms in total. The number of ketones is 1. The number of carboxylic acid groups (broad SMARTS) is 1. The van der Waals surface area contributed by atoms with Gasteiger partial charge in [0.25, 0.3) is 12.3 Å². The number of nitrogens with zero attached hydrogens (tertiary/aromatic N) is 1. The summed E-state index contributed by atoms with van der Waals surface area (Å²) in [5, 5.41) is 21.5. The molecule has 1 aromatic heterocycles. The maximum absolute atomic E-state index is 14.7. The van der Waals surface area contributed by atoms with Crippen molar-refractivity contribution in [2.45, 2.75) is 37.5 Å². The van der Waals surface area contributed by atoms with Gasteiger partial charge in [0.1, 0.15) is 11.7 Å². The molecule has 194 valence electrons. The summed E-state index contributed by atoms with van der Waals surface area (Å²) < 4.78 is 69.2. The van der Waals surface area contributed by atoms with E-state index in [2.05, 4.69) is 0 Å². The Labute approximate surface area is 212 Å². The number of aromatic nitrogens is 1. The first kappa shape index (κ1) is 26.5. The summed E-state index contributed by atoms with van der Waals surface area (Å²) in [7, 11) is 0. The quantitative estimate of drug-likeness (QED) is 0.195. The van der Waals surface area contributed by atoms with Crippen molar-refractivity contribution in [3.8, 4) is 11.1 Å². The zero-order valence-electron chi connectivity index (χ0n) is 18.9. The molecule has 0 saturated heterocycles. The topological polar surface area (TPSA) is 81.3 Å². The fourth-order valence-corrected chi connectivity index (χ4v) is 4.43. The molecular formula is C26H19ClF5NO4. The van der Waals surface area contributed by atoms with Crippen LogP contribution in [0.2, 0.25) is 5.02 Å². The van der Waals surface area contributed by atoms with Crippen molar-refractivity contribution in [2.24, 2.45) is 5.92 Å². The first-order valence-corrected chi connectivity index (χ1v) is 11.5. The third-order valence-electron chi connectivity index (χ3n) is 6.40. The standard InChI is InChI=1S/C26H19ClF5NO4/c27-19-7-6-17(24(29)30)22(23(19)28)15-5-8-20(33(37)12-15)18(10-16-11-26(16,31)32)21(34)9-13-1-3-14(4-2-13)25(35)36/h1-8,12,16,18,24H,9-11H2,(H,35,36). The number of alkyl halides is 4. The molecule has 4 rings (SSSR count). The van der Waals surface area contributed by atoms with E-state index in [0.717, 1.165) is 30.5 Å². The minimum atomic E-state index is -3.07. The van der Waals surface area contributed by atoms with Crippen molar-refractivity contribution in [2.75, 3.05) is 0 Å². The lowest BCUT2D eigenvalue weighted by Gasteiger charge is -2.17. The molecule has 0 bridgehead atoms. The molecule has 11 heteroatoms. The fraction of sp³-hybridized carbons (Fsp3) is 0.269. The summed E-state index contributed by atoms with van der Waals surface area (Å²) in [5.41, 5.74) is -1.27. The summed E-state index contributed by atoms with van der Waals surface area (Å²) >= 11 is 5.75. The van der Waals surface area contributed by atoms with E-state index in [1.54, 1.807) is 0 Å². The number of Topliss-reactive ketones (excluding diaryl/α,β-unsaturated/α-hetero) is 1. The van der Waals surface area contributed by atoms with Crippen LogP contribution in [0.1, 0.15) is 52.4 Å². The molecule has 1 heterocycles. The van der Waals surface area contributed by atoms with Gasteiger partial charge in [0.15, 0.2) is 12.0 Å². The predicted octanol–water partition coefficient (Wildman–Crippen LogP) is 6.36. The van der Waals surface area contributed by atoms with Gasteiger partial charge in [0, 0.05) is 36.0 Å². The molecule has 1 aliphatic carbocycles. The van der Waals surface area contributed by atoms with Gasteiger partial charge in [-0.05, 0) is 36.2 Å². The van der Waals surface area contributed by atoms with Crippen LogP contribution in [0.5, 0.6) is 0 Å². The number of aromatic carboxylic acids is 1. The first-order chi connectivity index (χ1) is 17.4. The number of benzene rings is 2. The average Bonchev–Trinajstić information content (AvgIpc) is 3.45. The molecule has 37 heavy (non-hydrogen) atoms. The third-order valence-corrected chi connectivity index (χ3v) is 6.69. The highest BCUT2D eigenvalue weighted by Gasteiger charge is 2.58. The van der Waals surface area contributed by atoms with Gasteiger partial charge < -0.3 is 10.3 Å². The monoisotopic (exact) mass is 539 g/mol. The second kappa shape index (κ2) is 10.1. The molecular weight excluding hydrogens is 521 g/mol. The van der Waals surface area contributed by atoms with Gasteiger partial charge in [0.05, 0.1) is 16.1 Å². The summed E-state index contributed by atoms with van der Waals surface area (Å²) in [4.78, 5) is 24.2. The average molecular weight is 540 g/mol. The number of carbonyl (C=O) groups excluding carboxylic acids is 1. The van der Waals surface area contributed by atoms with Crippen LogP contribution in [-0.2, 0) is 11.2 Å². The van der Waals surface area contributed by atoms with Crippen LogP contribution in [-0.4, -0.2) is 22.8 Å². The van der Waals surface area contributed by atoms with E-state index < -0.39 is 64.3 Å². The molecule has 0 aliphatic heterocycles. The molecule has 0 radical (unpaired) electrons. The van der Waals surface area contributed by atoms with Crippen molar-refractivity contribution in [1.82, 2.24) is 0 Å². The smallest absolute Gasteiger partial charge is 0.335 e. The van der Waals surface area contributed by atoms with Crippen LogP contribution in [0.25, 0.3) is 11.1 Å². The van der Waals surface area contributed by atoms with Crippen LogP contribution < -0.4 is 4.73 Å². The number of pyridine rings is 1. The number of halogens is 6. The number of carboxylic acids is 1. The van der Waals surface area contributed by atoms with E-state index in [-0.39, 0.29) is 34.4 Å². The van der Waals surface area contributed by atoms with E-state index >= 15 is 0 Å². The molecule has 0 amide bonds. The van der Waals surface area contributed by atoms with Crippen LogP contribution in [0.4, 0.5) is 22.0 Å². The van der Waals surface area contributed by atoms with Gasteiger partial charge in [-0.1, -0.05) is 29.8 Å². The van der Waals surface area contributed by atoms with Crippen LogP contribution in [0, 0.1) is 16.9 Å². The molecule has 1 fully saturated rings. The Bertz CT molecular complexity index is 1360. The predicted molar refractivity (Wildman–Crippen MR) is 123 cm³/mol. The van der Waals surface area contributed by atoms with E-state index in [1.165, 1.54) is 24.3 Å². The Hall–Kier alpha value is -3.53. The lowest BCUT2D eigenvalue weighted by Crippen LogP contribution is -2.36. The van der Waals surface area contributed by atoms with Crippen LogP contribution in [0.3, 0.4) is 0 Å². The van der Waals surface area contributed by atoms with Gasteiger partial charge in [0.2, 0.25) is 5.69 Å². The van der Waals surface area contributed by atoms with E-state index in [4.69, 9.17) is 16.7 Å². The third kappa shape index (κ3) is 5.58. The van der Waals surface area contributed by atoms with E-state index in [9.17, 15) is 36.7 Å². The second-order valence-corrected chi connectivity index (χ2v) is 9.30. The Morgan fingerprint density at radius 2 is 1.76 bits per heavy atom. The number of rotatable bonds is 9. The zero-order valence-corrected chi connectivity index (χ0v) is 19.7. The van der Waals surface area contributed by atoms with Crippen molar-refractivity contribution in [3.63, 3.8) is 0 Å². The van der Waals surface area contributed by atoms with Crippen LogP contribution in [0.15, 0.2) is 54.7 Å². The highest BCUT2D eigenvalue weighted by Crippen LogP contribution is 2.53. The molecule has 1 aliphatic rings. The summed E-state index contributed by atoms with van der Waals surface area (Å²) in [6, 6.07) is 9.60. The van der Waals surface area contributed by atoms with Gasteiger partial charge in [-0.2, -0.15) is 4.73 Å². The minimum Gasteiger partial charge on any atom is -0.618 e. The van der Waals surface area contributed by atoms with Crippen molar-refractivity contribution in [1.29, 1.82) is 0 Å². The highest BCUT2D eigenvalue weighted by atomic mass is 35.5. The molecule has 0 spiro atoms. The molecule has 2 aromatic carbocycles. The van der Waals surface area contributed by atoms with E-state index in [0.29, 0.717) is 5.56 Å². The lowest BCUT2D eigenvalue weighted by molar-refractivity contribution is -0.614. The minimum absolute atomic E-state index is 0.00484. The summed E-state index contributed by atoms with van der Waals surface area (Å²) in [6.07, 6.45) is -3.28. The van der Waals surface area contributed by atoms with Gasteiger partial charge in [-0.3, -0.25) is 4.79 Å². The Kier molecular flexibility index (Phi) is 7.23. The zero-order chi connectivity index (χ0) is 27.1. The Morgan fingerprint density at radius 1 is 1.11 bits per heavy atom. The van der Waals surface area contributed by atoms with Crippen molar-refractivity contribution in [3.05, 3.63) is 93.2 Å². The molecule has 3 aromatic rings. The SMILES string of the molecule is O=C(O)c1ccc(CC(=O)C(CC2CC2(F)F)c2ccc(-c3c(C(F)F)ccc(Cl)c3F)c[n+]2[O-])cc1. The maximum Gasteiger partial charge on any atom is 0.335 e. The largest absolute Gasteiger partial charge is 0.618 e. The van der Waals surface area contributed by atoms with Crippen LogP contribution >= 0.6 is 11.6 Å². The first-order valence-electron chi connectivity index (χ1n) is 11.1. The number of hydrogen-bond donors (Lipinski definition) is 1. The number of carbonyl (C=O) groups is 2. The molecule has 2 atom stereocenters. The Balaban J connectivity index is 1.68. The number of hydrogen-bond acceptors (Lipinski definition) is 3. The molecule has 2 unspecified atom stereocenters. The van der Waals surface area contributed by atoms with Crippen molar-refractivity contribution >= 4 is 23.4 Å². The highest BCUT2D eigenvalue weighted by molar-refractivity contribution is 6.31. The van der Waals surface area contributed by atoms with Gasteiger partial charge in [-0.25, -0.2) is 26.7 Å². The molecule has 1 N–H and O–H groups in total. The van der Waals surface area contributed by atoms with Crippen molar-refractivity contribution < 1.29 is 41.4 Å². The van der Waals surface area contributed by atoms with Gasteiger partial charge >= 0.3 is 5.97 Å².